The monoisotopic (exact) mass is 295 g/mol. The molecular weight excluding hydrogens is 270 g/mol. The minimum Gasteiger partial charge on any atom is -0.309 e. The Bertz CT molecular complexity index is 550. The normalized spacial score (nSPS) is 11.6. The van der Waals surface area contributed by atoms with E-state index in [1.807, 2.05) is 50.5 Å². The third-order valence-corrected chi connectivity index (χ3v) is 4.33. The molecule has 0 saturated carbocycles. The van der Waals surface area contributed by atoms with Crippen LogP contribution in [0.2, 0.25) is 0 Å². The van der Waals surface area contributed by atoms with Crippen LogP contribution in [0.1, 0.15) is 30.9 Å². The maximum Gasteiger partial charge on any atom is 0.149 e. The summed E-state index contributed by atoms with van der Waals surface area (Å²) in [6, 6.07) is 20.4. The molecule has 116 valence electrons. The highest BCUT2D eigenvalue weighted by atomic mass is 16.1. The molecule has 0 saturated heterocycles. The molecule has 0 amide bonds. The Morgan fingerprint density at radius 1 is 0.909 bits per heavy atom. The van der Waals surface area contributed by atoms with Crippen LogP contribution >= 0.6 is 0 Å². The highest BCUT2D eigenvalue weighted by molar-refractivity contribution is 5.94. The van der Waals surface area contributed by atoms with Gasteiger partial charge in [0.25, 0.3) is 0 Å². The molecule has 0 atom stereocenters. The molecule has 0 N–H and O–H groups in total. The van der Waals surface area contributed by atoms with Gasteiger partial charge in [-0.2, -0.15) is 0 Å². The van der Waals surface area contributed by atoms with Crippen LogP contribution in [-0.4, -0.2) is 31.3 Å². The van der Waals surface area contributed by atoms with Crippen LogP contribution in [-0.2, 0) is 10.2 Å². The number of carbonyl (C=O) groups is 1. The summed E-state index contributed by atoms with van der Waals surface area (Å²) in [5.74, 6) is 0.293. The molecule has 0 radical (unpaired) electrons. The highest BCUT2D eigenvalue weighted by Crippen LogP contribution is 2.37. The van der Waals surface area contributed by atoms with Crippen molar-refractivity contribution in [1.29, 1.82) is 0 Å². The second-order valence-electron chi connectivity index (χ2n) is 5.97. The third kappa shape index (κ3) is 3.28. The maximum atomic E-state index is 13.2. The Morgan fingerprint density at radius 3 is 1.73 bits per heavy atom. The lowest BCUT2D eigenvalue weighted by atomic mass is 9.68. The average Bonchev–Trinajstić information content (AvgIpc) is 2.56. The smallest absolute Gasteiger partial charge is 0.149 e. The van der Waals surface area contributed by atoms with Crippen LogP contribution in [0.3, 0.4) is 0 Å². The van der Waals surface area contributed by atoms with E-state index in [-0.39, 0.29) is 0 Å². The van der Waals surface area contributed by atoms with Crippen molar-refractivity contribution in [3.63, 3.8) is 0 Å². The molecule has 0 aliphatic heterocycles. The van der Waals surface area contributed by atoms with Crippen molar-refractivity contribution in [2.24, 2.45) is 0 Å². The number of ketones is 1. The lowest BCUT2D eigenvalue weighted by molar-refractivity contribution is -0.123. The summed E-state index contributed by atoms with van der Waals surface area (Å²) in [6.45, 7) is 2.88. The summed E-state index contributed by atoms with van der Waals surface area (Å²) in [5, 5.41) is 0. The van der Waals surface area contributed by atoms with Gasteiger partial charge in [-0.05, 0) is 31.6 Å². The molecule has 0 aromatic heterocycles. The van der Waals surface area contributed by atoms with Crippen LogP contribution in [0.25, 0.3) is 0 Å². The van der Waals surface area contributed by atoms with Crippen LogP contribution < -0.4 is 0 Å². The van der Waals surface area contributed by atoms with Crippen molar-refractivity contribution in [1.82, 2.24) is 4.90 Å². The van der Waals surface area contributed by atoms with Crippen molar-refractivity contribution >= 4 is 5.78 Å². The summed E-state index contributed by atoms with van der Waals surface area (Å²) in [7, 11) is 4.01. The third-order valence-electron chi connectivity index (χ3n) is 4.33. The number of hydrogen-bond donors (Lipinski definition) is 0. The molecule has 2 rings (SSSR count). The second kappa shape index (κ2) is 7.37. The van der Waals surface area contributed by atoms with Gasteiger partial charge >= 0.3 is 0 Å². The van der Waals surface area contributed by atoms with Crippen LogP contribution in [0.4, 0.5) is 0 Å². The van der Waals surface area contributed by atoms with Gasteiger partial charge in [-0.3, -0.25) is 4.79 Å². The molecule has 0 bridgehead atoms. The minimum atomic E-state index is -0.543. The highest BCUT2D eigenvalue weighted by Gasteiger charge is 2.39. The van der Waals surface area contributed by atoms with Crippen LogP contribution in [0, 0.1) is 0 Å². The number of nitrogens with zero attached hydrogens (tertiary/aromatic N) is 1. The molecule has 2 aromatic rings. The number of rotatable bonds is 7. The predicted octanol–water partition coefficient (Wildman–Crippen LogP) is 3.90. The van der Waals surface area contributed by atoms with Gasteiger partial charge in [-0.25, -0.2) is 0 Å². The van der Waals surface area contributed by atoms with Crippen molar-refractivity contribution < 1.29 is 4.79 Å². The minimum absolute atomic E-state index is 0.293. The van der Waals surface area contributed by atoms with Crippen LogP contribution in [0.15, 0.2) is 60.7 Å². The molecule has 0 aliphatic carbocycles. The number of carbonyl (C=O) groups excluding carboxylic acids is 1. The Kier molecular flexibility index (Phi) is 5.51. The Labute approximate surface area is 133 Å². The SMILES string of the molecule is CCC(C(=O)CCN(C)C)(c1ccccc1)c1ccccc1. The lowest BCUT2D eigenvalue weighted by Crippen LogP contribution is -2.38. The van der Waals surface area contributed by atoms with E-state index in [1.54, 1.807) is 0 Å². The molecule has 0 fully saturated rings. The van der Waals surface area contributed by atoms with E-state index in [9.17, 15) is 4.79 Å². The molecule has 2 nitrogen and oxygen atoms in total. The Hall–Kier alpha value is -1.93. The van der Waals surface area contributed by atoms with E-state index >= 15 is 0 Å². The van der Waals surface area contributed by atoms with Crippen molar-refractivity contribution in [2.75, 3.05) is 20.6 Å². The van der Waals surface area contributed by atoms with Gasteiger partial charge < -0.3 is 4.90 Å². The van der Waals surface area contributed by atoms with E-state index in [2.05, 4.69) is 36.1 Å². The zero-order chi connectivity index (χ0) is 16.0. The first-order chi connectivity index (χ1) is 10.6. The molecule has 2 heteroatoms. The van der Waals surface area contributed by atoms with Crippen LogP contribution in [0.5, 0.6) is 0 Å². The first kappa shape index (κ1) is 16.4. The second-order valence-corrected chi connectivity index (χ2v) is 5.97. The lowest BCUT2D eigenvalue weighted by Gasteiger charge is -2.33. The molecule has 2 aromatic carbocycles. The van der Waals surface area contributed by atoms with Crippen molar-refractivity contribution in [3.05, 3.63) is 71.8 Å². The van der Waals surface area contributed by atoms with Crippen molar-refractivity contribution in [3.8, 4) is 0 Å². The van der Waals surface area contributed by atoms with Gasteiger partial charge in [-0.1, -0.05) is 67.6 Å². The predicted molar refractivity (Wildman–Crippen MR) is 92.1 cm³/mol. The van der Waals surface area contributed by atoms with Gasteiger partial charge in [0, 0.05) is 13.0 Å². The zero-order valence-electron chi connectivity index (χ0n) is 13.8. The fourth-order valence-corrected chi connectivity index (χ4v) is 3.08. The van der Waals surface area contributed by atoms with Gasteiger partial charge in [0.15, 0.2) is 0 Å². The Morgan fingerprint density at radius 2 is 1.36 bits per heavy atom. The maximum absolute atomic E-state index is 13.2. The first-order valence-corrected chi connectivity index (χ1v) is 7.90. The van der Waals surface area contributed by atoms with Crippen molar-refractivity contribution in [2.45, 2.75) is 25.2 Å². The summed E-state index contributed by atoms with van der Waals surface area (Å²) in [6.07, 6.45) is 1.33. The van der Waals surface area contributed by atoms with E-state index in [1.165, 1.54) is 0 Å². The van der Waals surface area contributed by atoms with E-state index < -0.39 is 5.41 Å². The zero-order valence-corrected chi connectivity index (χ0v) is 13.8. The Balaban J connectivity index is 2.50. The first-order valence-electron chi connectivity index (χ1n) is 7.90. The summed E-state index contributed by atoms with van der Waals surface area (Å²) < 4.78 is 0. The largest absolute Gasteiger partial charge is 0.309 e. The van der Waals surface area contributed by atoms with E-state index in [0.717, 1.165) is 24.1 Å². The molecule has 0 aliphatic rings. The summed E-state index contributed by atoms with van der Waals surface area (Å²) >= 11 is 0. The van der Waals surface area contributed by atoms with Gasteiger partial charge in [0.1, 0.15) is 5.78 Å². The van der Waals surface area contributed by atoms with E-state index in [4.69, 9.17) is 0 Å². The van der Waals surface area contributed by atoms with Gasteiger partial charge in [-0.15, -0.1) is 0 Å². The summed E-state index contributed by atoms with van der Waals surface area (Å²) in [5.41, 5.74) is 1.64. The standard InChI is InChI=1S/C20H25NO/c1-4-20(17-11-7-5-8-12-17,18-13-9-6-10-14-18)19(22)15-16-21(2)3/h5-14H,4,15-16H2,1-3H3. The quantitative estimate of drug-likeness (QED) is 0.772. The average molecular weight is 295 g/mol. The number of Topliss-reactive ketones (excluding diaryl/α,β-unsaturated/α-hetero) is 1. The molecule has 0 unspecified atom stereocenters. The summed E-state index contributed by atoms with van der Waals surface area (Å²) in [4.78, 5) is 15.2. The molecule has 22 heavy (non-hydrogen) atoms. The number of hydrogen-bond acceptors (Lipinski definition) is 2. The van der Waals surface area contributed by atoms with Gasteiger partial charge in [0.2, 0.25) is 0 Å². The molecular formula is C20H25NO. The van der Waals surface area contributed by atoms with E-state index in [0.29, 0.717) is 12.2 Å². The number of benzene rings is 2. The fourth-order valence-electron chi connectivity index (χ4n) is 3.08. The fraction of sp³-hybridized carbons (Fsp3) is 0.350. The molecule has 0 heterocycles. The van der Waals surface area contributed by atoms with Gasteiger partial charge in [0.05, 0.1) is 5.41 Å². The molecule has 0 spiro atoms. The topological polar surface area (TPSA) is 20.3 Å².